The van der Waals surface area contributed by atoms with Gasteiger partial charge in [0.2, 0.25) is 12.2 Å². The smallest absolute Gasteiger partial charge is 0.207 e. The number of ketones is 3. The second-order valence-corrected chi connectivity index (χ2v) is 10.4. The highest BCUT2D eigenvalue weighted by Crippen LogP contribution is 2.52. The molecule has 6 N–H and O–H groups in total. The summed E-state index contributed by atoms with van der Waals surface area (Å²) < 4.78 is 17.0. The number of carbonyl (C=O) groups is 4. The number of nitrogens with one attached hydrogen (secondary N) is 1. The molecule has 5 rings (SSSR count). The lowest BCUT2D eigenvalue weighted by Gasteiger charge is -2.42. The van der Waals surface area contributed by atoms with E-state index in [-0.39, 0.29) is 34.4 Å². The standard InChI is InChI=1S/C28H29NO12/c1-11-23(33)14(29-10-31)6-18(40-11)41-16-8-28(38,17(32)9-30)7-13-20(16)27(37)21-22(25(13)35)26(36)19-12(24(21)34)4-3-5-15(19)39-2/h3-5,10-11,14,16,18,23,30,33,35,37-38H,6-9H2,1-2H3,(H,29,31). The number of hydrogen-bond donors (Lipinski definition) is 6. The van der Waals surface area contributed by atoms with Crippen LogP contribution in [0.3, 0.4) is 0 Å². The van der Waals surface area contributed by atoms with Gasteiger partial charge < -0.3 is 45.1 Å². The minimum atomic E-state index is -2.29. The summed E-state index contributed by atoms with van der Waals surface area (Å²) in [6.07, 6.45) is -5.21. The summed E-state index contributed by atoms with van der Waals surface area (Å²) in [7, 11) is 1.30. The molecule has 3 aliphatic rings. The molecule has 218 valence electrons. The molecule has 0 bridgehead atoms. The van der Waals surface area contributed by atoms with Gasteiger partial charge in [-0.05, 0) is 13.0 Å². The predicted octanol–water partition coefficient (Wildman–Crippen LogP) is -0.211. The Morgan fingerprint density at radius 1 is 1.17 bits per heavy atom. The third-order valence-electron chi connectivity index (χ3n) is 8.04. The number of rotatable bonds is 7. The second kappa shape index (κ2) is 10.5. The molecular formula is C28H29NO12. The number of hydrogen-bond acceptors (Lipinski definition) is 12. The van der Waals surface area contributed by atoms with Crippen LogP contribution in [0.15, 0.2) is 18.2 Å². The zero-order valence-electron chi connectivity index (χ0n) is 22.1. The average molecular weight is 572 g/mol. The first-order valence-corrected chi connectivity index (χ1v) is 12.9. The molecule has 0 saturated carbocycles. The Morgan fingerprint density at radius 3 is 2.54 bits per heavy atom. The second-order valence-electron chi connectivity index (χ2n) is 10.4. The van der Waals surface area contributed by atoms with E-state index >= 15 is 0 Å². The van der Waals surface area contributed by atoms with Gasteiger partial charge in [-0.2, -0.15) is 0 Å². The van der Waals surface area contributed by atoms with E-state index in [1.165, 1.54) is 32.2 Å². The monoisotopic (exact) mass is 571 g/mol. The quantitative estimate of drug-likeness (QED) is 0.161. The Bertz CT molecular complexity index is 1450. The number of phenols is 2. The van der Waals surface area contributed by atoms with Crippen LogP contribution in [-0.2, 0) is 25.5 Å². The van der Waals surface area contributed by atoms with Gasteiger partial charge in [-0.15, -0.1) is 0 Å². The lowest BCUT2D eigenvalue weighted by molar-refractivity contribution is -0.249. The van der Waals surface area contributed by atoms with Crippen LogP contribution in [0, 0.1) is 0 Å². The summed E-state index contributed by atoms with van der Waals surface area (Å²) in [5, 5.41) is 56.6. The Hall–Kier alpha value is -3.88. The van der Waals surface area contributed by atoms with E-state index in [0.29, 0.717) is 6.41 Å². The number of aromatic hydroxyl groups is 2. The topological polar surface area (TPSA) is 209 Å². The fourth-order valence-electron chi connectivity index (χ4n) is 5.97. The van der Waals surface area contributed by atoms with Crippen LogP contribution in [-0.4, -0.2) is 93.1 Å². The molecule has 0 radical (unpaired) electrons. The Balaban J connectivity index is 1.66. The van der Waals surface area contributed by atoms with Crippen LogP contribution in [0.1, 0.15) is 68.8 Å². The molecule has 6 atom stereocenters. The minimum absolute atomic E-state index is 0.0575. The van der Waals surface area contributed by atoms with Crippen molar-refractivity contribution in [2.24, 2.45) is 0 Å². The van der Waals surface area contributed by atoms with E-state index in [2.05, 4.69) is 5.32 Å². The maximum atomic E-state index is 13.6. The molecule has 2 aromatic rings. The van der Waals surface area contributed by atoms with E-state index in [1.54, 1.807) is 0 Å². The number of ether oxygens (including phenoxy) is 3. The molecule has 1 aliphatic heterocycles. The van der Waals surface area contributed by atoms with Crippen molar-refractivity contribution in [1.82, 2.24) is 5.32 Å². The maximum Gasteiger partial charge on any atom is 0.207 e. The van der Waals surface area contributed by atoms with Gasteiger partial charge in [0, 0.05) is 36.0 Å². The Morgan fingerprint density at radius 2 is 1.88 bits per heavy atom. The summed E-state index contributed by atoms with van der Waals surface area (Å²) in [5.74, 6) is -3.94. The fourth-order valence-corrected chi connectivity index (χ4v) is 5.97. The molecule has 1 saturated heterocycles. The first-order chi connectivity index (χ1) is 19.5. The minimum Gasteiger partial charge on any atom is -0.507 e. The first kappa shape index (κ1) is 28.6. The van der Waals surface area contributed by atoms with Crippen LogP contribution in [0.5, 0.6) is 17.2 Å². The van der Waals surface area contributed by atoms with Crippen molar-refractivity contribution in [2.45, 2.75) is 62.4 Å². The molecule has 0 spiro atoms. The van der Waals surface area contributed by atoms with Crippen LogP contribution in [0.4, 0.5) is 0 Å². The highest BCUT2D eigenvalue weighted by Gasteiger charge is 2.50. The predicted molar refractivity (Wildman–Crippen MR) is 137 cm³/mol. The number of aliphatic hydroxyl groups excluding tert-OH is 2. The lowest BCUT2D eigenvalue weighted by Crippen LogP contribution is -2.54. The molecule has 41 heavy (non-hydrogen) atoms. The zero-order chi connectivity index (χ0) is 29.8. The van der Waals surface area contributed by atoms with Gasteiger partial charge >= 0.3 is 0 Å². The van der Waals surface area contributed by atoms with Gasteiger partial charge in [-0.1, -0.05) is 12.1 Å². The normalized spacial score (nSPS) is 28.8. The largest absolute Gasteiger partial charge is 0.507 e. The Labute approximate surface area is 233 Å². The van der Waals surface area contributed by atoms with Gasteiger partial charge in [0.15, 0.2) is 17.9 Å². The van der Waals surface area contributed by atoms with Crippen LogP contribution in [0.25, 0.3) is 0 Å². The Kier molecular flexibility index (Phi) is 7.34. The van der Waals surface area contributed by atoms with E-state index in [1.807, 2.05) is 0 Å². The van der Waals surface area contributed by atoms with E-state index < -0.39 is 95.7 Å². The van der Waals surface area contributed by atoms with Gasteiger partial charge in [-0.25, -0.2) is 0 Å². The van der Waals surface area contributed by atoms with Crippen LogP contribution < -0.4 is 10.1 Å². The number of fused-ring (bicyclic) bond motifs is 3. The highest BCUT2D eigenvalue weighted by atomic mass is 16.7. The third-order valence-corrected chi connectivity index (χ3v) is 8.04. The van der Waals surface area contributed by atoms with Crippen LogP contribution in [0.2, 0.25) is 0 Å². The molecule has 13 heteroatoms. The van der Waals surface area contributed by atoms with Gasteiger partial charge in [0.1, 0.15) is 35.6 Å². The van der Waals surface area contributed by atoms with Gasteiger partial charge in [0.25, 0.3) is 0 Å². The third kappa shape index (κ3) is 4.46. The molecule has 6 unspecified atom stereocenters. The highest BCUT2D eigenvalue weighted by molar-refractivity contribution is 6.31. The van der Waals surface area contributed by atoms with Gasteiger partial charge in [-0.3, -0.25) is 19.2 Å². The van der Waals surface area contributed by atoms with Crippen molar-refractivity contribution < 1.29 is 58.9 Å². The number of Topliss-reactive ketones (excluding diaryl/α,β-unsaturated/α-hetero) is 1. The number of carbonyl (C=O) groups excluding carboxylic acids is 4. The molecule has 1 amide bonds. The molecule has 2 aromatic carbocycles. The van der Waals surface area contributed by atoms with E-state index in [4.69, 9.17) is 14.2 Å². The molecular weight excluding hydrogens is 542 g/mol. The van der Waals surface area contributed by atoms with Crippen molar-refractivity contribution >= 4 is 23.8 Å². The van der Waals surface area contributed by atoms with Crippen molar-refractivity contribution in [2.75, 3.05) is 13.7 Å². The SMILES string of the molecule is COc1cccc2c1C(=O)c1c(O)c3c(c(O)c1C2=O)C(OC1CC(NC=O)C(O)C(C)O1)CC(O)(C(=O)CO)C3. The van der Waals surface area contributed by atoms with E-state index in [9.17, 15) is 44.7 Å². The summed E-state index contributed by atoms with van der Waals surface area (Å²) in [6, 6.07) is 3.56. The van der Waals surface area contributed by atoms with Gasteiger partial charge in [0.05, 0.1) is 42.0 Å². The van der Waals surface area contributed by atoms with Crippen molar-refractivity contribution in [3.63, 3.8) is 0 Å². The van der Waals surface area contributed by atoms with E-state index in [0.717, 1.165) is 0 Å². The van der Waals surface area contributed by atoms with Crippen LogP contribution >= 0.6 is 0 Å². The molecule has 2 aliphatic carbocycles. The van der Waals surface area contributed by atoms with Crippen molar-refractivity contribution in [1.29, 1.82) is 0 Å². The molecule has 1 heterocycles. The summed E-state index contributed by atoms with van der Waals surface area (Å²) in [6.45, 7) is 0.489. The molecule has 13 nitrogen and oxygen atoms in total. The molecule has 1 fully saturated rings. The lowest BCUT2D eigenvalue weighted by atomic mass is 9.72. The summed E-state index contributed by atoms with van der Waals surface area (Å²) >= 11 is 0. The number of amides is 1. The number of benzene rings is 2. The summed E-state index contributed by atoms with van der Waals surface area (Å²) in [5.41, 5.74) is -3.85. The first-order valence-electron chi connectivity index (χ1n) is 12.9. The van der Waals surface area contributed by atoms with Crippen molar-refractivity contribution in [3.05, 3.63) is 51.6 Å². The maximum absolute atomic E-state index is 13.6. The molecule has 0 aromatic heterocycles. The zero-order valence-corrected chi connectivity index (χ0v) is 22.1. The number of methoxy groups -OCH3 is 1. The average Bonchev–Trinajstić information content (AvgIpc) is 2.95. The number of phenolic OH excluding ortho intramolecular Hbond substituents is 2. The van der Waals surface area contributed by atoms with Crippen molar-refractivity contribution in [3.8, 4) is 17.2 Å². The number of aliphatic hydroxyl groups is 3. The summed E-state index contributed by atoms with van der Waals surface area (Å²) in [4.78, 5) is 50.9. The fraction of sp³-hybridized carbons (Fsp3) is 0.429.